The zero-order valence-corrected chi connectivity index (χ0v) is 15.6. The Morgan fingerprint density at radius 1 is 1.20 bits per heavy atom. The number of carbonyl (C=O) groups is 2. The minimum absolute atomic E-state index is 0.0942. The van der Waals surface area contributed by atoms with E-state index in [1.165, 1.54) is 31.9 Å². The normalized spacial score (nSPS) is 16.1. The van der Waals surface area contributed by atoms with E-state index < -0.39 is 0 Å². The number of methoxy groups -OCH3 is 1. The molecule has 1 aromatic rings. The Labute approximate surface area is 150 Å². The Morgan fingerprint density at radius 3 is 2.44 bits per heavy atom. The zero-order chi connectivity index (χ0) is 18.2. The number of urea groups is 1. The van der Waals surface area contributed by atoms with Crippen molar-refractivity contribution in [3.8, 4) is 0 Å². The van der Waals surface area contributed by atoms with Gasteiger partial charge in [-0.05, 0) is 25.3 Å². The van der Waals surface area contributed by atoms with Crippen molar-refractivity contribution in [1.29, 1.82) is 0 Å². The van der Waals surface area contributed by atoms with E-state index in [9.17, 15) is 9.59 Å². The molecule has 0 aromatic heterocycles. The lowest BCUT2D eigenvalue weighted by Gasteiger charge is -2.29. The smallest absolute Gasteiger partial charge is 0.317 e. The Balaban J connectivity index is 2.05. The van der Waals surface area contributed by atoms with Gasteiger partial charge in [-0.25, -0.2) is 4.79 Å². The molecule has 1 aliphatic carbocycles. The van der Waals surface area contributed by atoms with Gasteiger partial charge in [-0.1, -0.05) is 56.0 Å². The molecule has 1 aromatic carbocycles. The van der Waals surface area contributed by atoms with Gasteiger partial charge in [0.05, 0.1) is 13.0 Å². The molecular formula is C20H30N2O3. The average molecular weight is 346 g/mol. The third-order valence-electron chi connectivity index (χ3n) is 4.81. The summed E-state index contributed by atoms with van der Waals surface area (Å²) in [6.07, 6.45) is 5.66. The van der Waals surface area contributed by atoms with Crippen molar-refractivity contribution >= 4 is 12.0 Å². The second kappa shape index (κ2) is 9.44. The number of hydrogen-bond donors (Lipinski definition) is 1. The summed E-state index contributed by atoms with van der Waals surface area (Å²) in [6, 6.07) is 8.28. The molecule has 5 heteroatoms. The molecule has 1 N–H and O–H groups in total. The molecule has 25 heavy (non-hydrogen) atoms. The summed E-state index contributed by atoms with van der Waals surface area (Å²) in [5.74, 6) is -0.646. The number of benzene rings is 1. The van der Waals surface area contributed by atoms with Gasteiger partial charge in [0.1, 0.15) is 0 Å². The lowest BCUT2D eigenvalue weighted by Crippen LogP contribution is -2.47. The molecule has 0 aliphatic heterocycles. The monoisotopic (exact) mass is 346 g/mol. The van der Waals surface area contributed by atoms with Crippen molar-refractivity contribution in [3.05, 3.63) is 35.4 Å². The average Bonchev–Trinajstić information content (AvgIpc) is 2.62. The minimum Gasteiger partial charge on any atom is -0.469 e. The van der Waals surface area contributed by atoms with E-state index in [2.05, 4.69) is 5.32 Å². The van der Waals surface area contributed by atoms with Crippen LogP contribution in [0.4, 0.5) is 4.79 Å². The number of nitrogens with zero attached hydrogens (tertiary/aromatic N) is 1. The third-order valence-corrected chi connectivity index (χ3v) is 4.81. The Hall–Kier alpha value is -2.04. The maximum Gasteiger partial charge on any atom is 0.317 e. The molecule has 0 saturated heterocycles. The van der Waals surface area contributed by atoms with E-state index in [1.807, 2.05) is 31.2 Å². The van der Waals surface area contributed by atoms with Crippen LogP contribution < -0.4 is 5.32 Å². The topological polar surface area (TPSA) is 58.6 Å². The number of nitrogens with one attached hydrogen (secondary N) is 1. The van der Waals surface area contributed by atoms with Crippen molar-refractivity contribution < 1.29 is 14.3 Å². The summed E-state index contributed by atoms with van der Waals surface area (Å²) in [7, 11) is 1.38. The van der Waals surface area contributed by atoms with Gasteiger partial charge >= 0.3 is 12.0 Å². The summed E-state index contributed by atoms with van der Waals surface area (Å²) < 4.78 is 4.81. The van der Waals surface area contributed by atoms with Gasteiger partial charge < -0.3 is 15.0 Å². The standard InChI is InChI=1S/C20H30N2O3/c1-15-9-11-17(12-10-15)14-22(13-16(2)19(23)25-3)20(24)21-18-7-5-4-6-8-18/h9-12,16,18H,4-8,13-14H2,1-3H3,(H,21,24). The first-order valence-corrected chi connectivity index (χ1v) is 9.18. The van der Waals surface area contributed by atoms with Gasteiger partial charge in [0.15, 0.2) is 0 Å². The highest BCUT2D eigenvalue weighted by molar-refractivity contribution is 5.76. The van der Waals surface area contributed by atoms with Crippen LogP contribution in [-0.2, 0) is 16.1 Å². The minimum atomic E-state index is -0.354. The van der Waals surface area contributed by atoms with Gasteiger partial charge in [0.25, 0.3) is 0 Å². The third kappa shape index (κ3) is 6.07. The number of hydrogen-bond acceptors (Lipinski definition) is 3. The molecule has 0 heterocycles. The first kappa shape index (κ1) is 19.3. The van der Waals surface area contributed by atoms with Crippen molar-refractivity contribution in [2.24, 2.45) is 5.92 Å². The van der Waals surface area contributed by atoms with Crippen molar-refractivity contribution in [1.82, 2.24) is 10.2 Å². The number of rotatable bonds is 6. The van der Waals surface area contributed by atoms with Gasteiger partial charge in [-0.3, -0.25) is 4.79 Å². The lowest BCUT2D eigenvalue weighted by atomic mass is 9.96. The molecule has 138 valence electrons. The predicted molar refractivity (Wildman–Crippen MR) is 98.2 cm³/mol. The molecule has 2 rings (SSSR count). The summed E-state index contributed by atoms with van der Waals surface area (Å²) in [6.45, 7) is 4.66. The van der Waals surface area contributed by atoms with E-state index in [0.717, 1.165) is 18.4 Å². The molecule has 1 fully saturated rings. The Morgan fingerprint density at radius 2 is 1.84 bits per heavy atom. The van der Waals surface area contributed by atoms with Crippen LogP contribution in [0.5, 0.6) is 0 Å². The summed E-state index contributed by atoms with van der Waals surface area (Å²) in [4.78, 5) is 26.3. The van der Waals surface area contributed by atoms with Gasteiger partial charge in [-0.15, -0.1) is 0 Å². The van der Waals surface area contributed by atoms with E-state index >= 15 is 0 Å². The molecule has 1 aliphatic rings. The molecule has 0 bridgehead atoms. The first-order chi connectivity index (χ1) is 12.0. The fraction of sp³-hybridized carbons (Fsp3) is 0.600. The summed E-state index contributed by atoms with van der Waals surface area (Å²) in [5.41, 5.74) is 2.24. The van der Waals surface area contributed by atoms with Crippen LogP contribution in [0.25, 0.3) is 0 Å². The molecule has 5 nitrogen and oxygen atoms in total. The van der Waals surface area contributed by atoms with Crippen LogP contribution in [0.2, 0.25) is 0 Å². The summed E-state index contributed by atoms with van der Waals surface area (Å²) in [5, 5.41) is 3.15. The first-order valence-electron chi connectivity index (χ1n) is 9.18. The highest BCUT2D eigenvalue weighted by Gasteiger charge is 2.24. The van der Waals surface area contributed by atoms with Crippen molar-refractivity contribution in [2.75, 3.05) is 13.7 Å². The van der Waals surface area contributed by atoms with Gasteiger partial charge in [-0.2, -0.15) is 0 Å². The maximum atomic E-state index is 12.8. The number of esters is 1. The quantitative estimate of drug-likeness (QED) is 0.800. The van der Waals surface area contributed by atoms with Crippen LogP contribution >= 0.6 is 0 Å². The Kier molecular flexibility index (Phi) is 7.29. The Bertz CT molecular complexity index is 565. The molecule has 1 unspecified atom stereocenters. The molecule has 2 amide bonds. The van der Waals surface area contributed by atoms with E-state index in [1.54, 1.807) is 11.8 Å². The van der Waals surface area contributed by atoms with Crippen LogP contribution in [0.15, 0.2) is 24.3 Å². The van der Waals surface area contributed by atoms with Crippen LogP contribution in [0.3, 0.4) is 0 Å². The van der Waals surface area contributed by atoms with Gasteiger partial charge in [0.2, 0.25) is 0 Å². The second-order valence-corrected chi connectivity index (χ2v) is 7.07. The second-order valence-electron chi connectivity index (χ2n) is 7.07. The molecule has 0 spiro atoms. The number of aryl methyl sites for hydroxylation is 1. The molecular weight excluding hydrogens is 316 g/mol. The lowest BCUT2D eigenvalue weighted by molar-refractivity contribution is -0.145. The number of ether oxygens (including phenoxy) is 1. The van der Waals surface area contributed by atoms with Crippen molar-refractivity contribution in [3.63, 3.8) is 0 Å². The SMILES string of the molecule is COC(=O)C(C)CN(Cc1ccc(C)cc1)C(=O)NC1CCCCC1. The fourth-order valence-electron chi connectivity index (χ4n) is 3.25. The fourth-order valence-corrected chi connectivity index (χ4v) is 3.25. The van der Waals surface area contributed by atoms with E-state index in [-0.39, 0.29) is 24.0 Å². The predicted octanol–water partition coefficient (Wildman–Crippen LogP) is 3.65. The highest BCUT2D eigenvalue weighted by Crippen LogP contribution is 2.18. The van der Waals surface area contributed by atoms with Gasteiger partial charge in [0, 0.05) is 19.1 Å². The van der Waals surface area contributed by atoms with Crippen molar-refractivity contribution in [2.45, 2.75) is 58.5 Å². The zero-order valence-electron chi connectivity index (χ0n) is 15.6. The van der Waals surface area contributed by atoms with E-state index in [0.29, 0.717) is 13.1 Å². The molecule has 0 radical (unpaired) electrons. The molecule has 1 saturated carbocycles. The number of amides is 2. The number of carbonyl (C=O) groups excluding carboxylic acids is 2. The largest absolute Gasteiger partial charge is 0.469 e. The maximum absolute atomic E-state index is 12.8. The van der Waals surface area contributed by atoms with Crippen LogP contribution in [-0.4, -0.2) is 36.6 Å². The molecule has 1 atom stereocenters. The summed E-state index contributed by atoms with van der Waals surface area (Å²) >= 11 is 0. The highest BCUT2D eigenvalue weighted by atomic mass is 16.5. The van der Waals surface area contributed by atoms with E-state index in [4.69, 9.17) is 4.74 Å². The van der Waals surface area contributed by atoms with Crippen LogP contribution in [0, 0.1) is 12.8 Å². The van der Waals surface area contributed by atoms with Crippen LogP contribution in [0.1, 0.15) is 50.2 Å².